The molecule has 0 spiro atoms. The number of hydrogen-bond donors (Lipinski definition) is 1. The minimum Gasteiger partial charge on any atom is -0.392 e. The van der Waals surface area contributed by atoms with Crippen LogP contribution in [-0.4, -0.2) is 44.1 Å². The quantitative estimate of drug-likeness (QED) is 0.870. The zero-order valence-corrected chi connectivity index (χ0v) is 11.1. The molecule has 1 aromatic rings. The summed E-state index contributed by atoms with van der Waals surface area (Å²) in [5.41, 5.74) is 0.699. The van der Waals surface area contributed by atoms with Gasteiger partial charge in [-0.25, -0.2) is 8.42 Å². The molecular weight excluding hydrogens is 254 g/mol. The molecule has 1 aromatic carbocycles. The molecule has 2 rings (SSSR count). The molecule has 0 bridgehead atoms. The van der Waals surface area contributed by atoms with Crippen LogP contribution < -0.4 is 0 Å². The van der Waals surface area contributed by atoms with Crippen LogP contribution >= 0.6 is 0 Å². The standard InChI is InChI=1S/C12H17NO4S/c1-17-11-6-7-13(8-11)18(15,16)12-4-2-10(9-14)3-5-12/h2-5,11,14H,6-9H2,1H3. The average molecular weight is 271 g/mol. The number of aliphatic hydroxyl groups excluding tert-OH is 1. The summed E-state index contributed by atoms with van der Waals surface area (Å²) in [4.78, 5) is 0.261. The first-order valence-electron chi connectivity index (χ1n) is 5.80. The molecule has 1 atom stereocenters. The third-order valence-electron chi connectivity index (χ3n) is 3.18. The van der Waals surface area contributed by atoms with Gasteiger partial charge in [0.1, 0.15) is 0 Å². The van der Waals surface area contributed by atoms with Gasteiger partial charge < -0.3 is 9.84 Å². The van der Waals surface area contributed by atoms with Crippen molar-refractivity contribution in [3.05, 3.63) is 29.8 Å². The van der Waals surface area contributed by atoms with Crippen LogP contribution in [0, 0.1) is 0 Å². The van der Waals surface area contributed by atoms with E-state index in [1.165, 1.54) is 16.4 Å². The number of methoxy groups -OCH3 is 1. The number of hydrogen-bond acceptors (Lipinski definition) is 4. The zero-order valence-electron chi connectivity index (χ0n) is 10.2. The second kappa shape index (κ2) is 5.36. The average Bonchev–Trinajstić information content (AvgIpc) is 2.88. The topological polar surface area (TPSA) is 66.8 Å². The van der Waals surface area contributed by atoms with Crippen LogP contribution in [0.1, 0.15) is 12.0 Å². The van der Waals surface area contributed by atoms with E-state index >= 15 is 0 Å². The van der Waals surface area contributed by atoms with E-state index in [-0.39, 0.29) is 17.6 Å². The Balaban J connectivity index is 2.20. The molecule has 1 aliphatic rings. The second-order valence-electron chi connectivity index (χ2n) is 4.31. The maximum absolute atomic E-state index is 12.3. The smallest absolute Gasteiger partial charge is 0.243 e. The molecule has 18 heavy (non-hydrogen) atoms. The van der Waals surface area contributed by atoms with Crippen LogP contribution in [0.25, 0.3) is 0 Å². The number of benzene rings is 1. The lowest BCUT2D eigenvalue weighted by atomic mass is 10.2. The summed E-state index contributed by atoms with van der Waals surface area (Å²) in [6, 6.07) is 6.30. The Kier molecular flexibility index (Phi) is 4.01. The van der Waals surface area contributed by atoms with Gasteiger partial charge in [0.25, 0.3) is 0 Å². The van der Waals surface area contributed by atoms with E-state index in [0.29, 0.717) is 18.7 Å². The van der Waals surface area contributed by atoms with Crippen molar-refractivity contribution >= 4 is 10.0 Å². The highest BCUT2D eigenvalue weighted by Crippen LogP contribution is 2.22. The predicted molar refractivity (Wildman–Crippen MR) is 66.5 cm³/mol. The largest absolute Gasteiger partial charge is 0.392 e. The Hall–Kier alpha value is -0.950. The summed E-state index contributed by atoms with van der Waals surface area (Å²) >= 11 is 0. The number of ether oxygens (including phenoxy) is 1. The molecule has 0 saturated carbocycles. The van der Waals surface area contributed by atoms with Gasteiger partial charge in [0.15, 0.2) is 0 Å². The number of rotatable bonds is 4. The fraction of sp³-hybridized carbons (Fsp3) is 0.500. The van der Waals surface area contributed by atoms with Gasteiger partial charge in [-0.2, -0.15) is 4.31 Å². The van der Waals surface area contributed by atoms with Crippen molar-refractivity contribution in [1.29, 1.82) is 0 Å². The molecule has 1 N–H and O–H groups in total. The summed E-state index contributed by atoms with van der Waals surface area (Å²) in [7, 11) is -1.84. The minimum atomic E-state index is -3.43. The molecule has 0 aromatic heterocycles. The number of sulfonamides is 1. The third kappa shape index (κ3) is 2.56. The summed E-state index contributed by atoms with van der Waals surface area (Å²) < 4.78 is 31.2. The Morgan fingerprint density at radius 1 is 1.39 bits per heavy atom. The molecule has 5 nitrogen and oxygen atoms in total. The van der Waals surface area contributed by atoms with Gasteiger partial charge in [0.2, 0.25) is 10.0 Å². The van der Waals surface area contributed by atoms with Gasteiger partial charge in [-0.3, -0.25) is 0 Å². The zero-order chi connectivity index (χ0) is 13.2. The second-order valence-corrected chi connectivity index (χ2v) is 6.25. The van der Waals surface area contributed by atoms with E-state index < -0.39 is 10.0 Å². The number of nitrogens with zero attached hydrogens (tertiary/aromatic N) is 1. The van der Waals surface area contributed by atoms with Crippen LogP contribution in [0.2, 0.25) is 0 Å². The lowest BCUT2D eigenvalue weighted by molar-refractivity contribution is 0.115. The maximum Gasteiger partial charge on any atom is 0.243 e. The molecule has 1 saturated heterocycles. The fourth-order valence-electron chi connectivity index (χ4n) is 2.02. The Morgan fingerprint density at radius 3 is 2.56 bits per heavy atom. The van der Waals surface area contributed by atoms with Crippen molar-refractivity contribution in [1.82, 2.24) is 4.31 Å². The summed E-state index contributed by atoms with van der Waals surface area (Å²) in [6.45, 7) is 0.805. The van der Waals surface area contributed by atoms with Crippen LogP contribution in [-0.2, 0) is 21.4 Å². The van der Waals surface area contributed by atoms with Gasteiger partial charge in [0.05, 0.1) is 17.6 Å². The van der Waals surface area contributed by atoms with Gasteiger partial charge >= 0.3 is 0 Å². The molecule has 1 heterocycles. The van der Waals surface area contributed by atoms with Crippen LogP contribution in [0.3, 0.4) is 0 Å². The van der Waals surface area contributed by atoms with Gasteiger partial charge in [0, 0.05) is 20.2 Å². The highest BCUT2D eigenvalue weighted by Gasteiger charge is 2.32. The molecule has 6 heteroatoms. The normalized spacial score (nSPS) is 21.3. The summed E-state index contributed by atoms with van der Waals surface area (Å²) in [5, 5.41) is 8.93. The Bertz CT molecular complexity index is 497. The van der Waals surface area contributed by atoms with Crippen molar-refractivity contribution in [2.24, 2.45) is 0 Å². The van der Waals surface area contributed by atoms with E-state index in [1.807, 2.05) is 0 Å². The van der Waals surface area contributed by atoms with Gasteiger partial charge in [-0.1, -0.05) is 12.1 Å². The molecule has 0 amide bonds. The minimum absolute atomic E-state index is 0.0171. The van der Waals surface area contributed by atoms with Crippen molar-refractivity contribution < 1.29 is 18.3 Å². The maximum atomic E-state index is 12.3. The summed E-state index contributed by atoms with van der Waals surface area (Å²) in [5.74, 6) is 0. The number of aliphatic hydroxyl groups is 1. The first-order chi connectivity index (χ1) is 8.57. The molecule has 100 valence electrons. The fourth-order valence-corrected chi connectivity index (χ4v) is 3.51. The van der Waals surface area contributed by atoms with Crippen LogP contribution in [0.5, 0.6) is 0 Å². The first-order valence-corrected chi connectivity index (χ1v) is 7.24. The van der Waals surface area contributed by atoms with Gasteiger partial charge in [-0.05, 0) is 24.1 Å². The van der Waals surface area contributed by atoms with Gasteiger partial charge in [-0.15, -0.1) is 0 Å². The SMILES string of the molecule is COC1CCN(S(=O)(=O)c2ccc(CO)cc2)C1. The third-order valence-corrected chi connectivity index (χ3v) is 5.06. The van der Waals surface area contributed by atoms with Crippen LogP contribution in [0.15, 0.2) is 29.2 Å². The lowest BCUT2D eigenvalue weighted by Gasteiger charge is -2.16. The molecule has 0 radical (unpaired) electrons. The van der Waals surface area contributed by atoms with E-state index in [9.17, 15) is 8.42 Å². The molecular formula is C12H17NO4S. The van der Waals surface area contributed by atoms with Crippen molar-refractivity contribution in [3.63, 3.8) is 0 Å². The lowest BCUT2D eigenvalue weighted by Crippen LogP contribution is -2.30. The van der Waals surface area contributed by atoms with Crippen LogP contribution in [0.4, 0.5) is 0 Å². The van der Waals surface area contributed by atoms with Crippen molar-refractivity contribution in [2.75, 3.05) is 20.2 Å². The van der Waals surface area contributed by atoms with Crippen molar-refractivity contribution in [3.8, 4) is 0 Å². The highest BCUT2D eigenvalue weighted by atomic mass is 32.2. The molecule has 1 fully saturated rings. The summed E-state index contributed by atoms with van der Waals surface area (Å²) in [6.07, 6.45) is 0.710. The monoisotopic (exact) mass is 271 g/mol. The Morgan fingerprint density at radius 2 is 2.06 bits per heavy atom. The van der Waals surface area contributed by atoms with E-state index in [0.717, 1.165) is 6.42 Å². The Labute approximate surface area is 107 Å². The van der Waals surface area contributed by atoms with E-state index in [2.05, 4.69) is 0 Å². The molecule has 1 unspecified atom stereocenters. The highest BCUT2D eigenvalue weighted by molar-refractivity contribution is 7.89. The van der Waals surface area contributed by atoms with E-state index in [4.69, 9.17) is 9.84 Å². The first kappa shape index (κ1) is 13.5. The van der Waals surface area contributed by atoms with Crippen molar-refractivity contribution in [2.45, 2.75) is 24.0 Å². The molecule has 0 aliphatic carbocycles. The predicted octanol–water partition coefficient (Wildman–Crippen LogP) is 0.588. The molecule has 1 aliphatic heterocycles. The van der Waals surface area contributed by atoms with E-state index in [1.54, 1.807) is 19.2 Å².